The Morgan fingerprint density at radius 1 is 0.613 bits per heavy atom. The Labute approximate surface area is 359 Å². The van der Waals surface area contributed by atoms with Gasteiger partial charge < -0.3 is 25.8 Å². The molecular weight excluding hydrogens is 777 g/mol. The van der Waals surface area contributed by atoms with E-state index < -0.39 is 4.92 Å². The minimum Gasteiger partial charge on any atom is -0.495 e. The summed E-state index contributed by atoms with van der Waals surface area (Å²) in [4.78, 5) is 29.3. The third kappa shape index (κ3) is 8.14. The summed E-state index contributed by atoms with van der Waals surface area (Å²) < 4.78 is 10.5. The van der Waals surface area contributed by atoms with Crippen LogP contribution >= 0.6 is 0 Å². The number of nitro benzene ring substituents is 1. The van der Waals surface area contributed by atoms with Gasteiger partial charge in [0.2, 0.25) is 0 Å². The van der Waals surface area contributed by atoms with E-state index in [1.807, 2.05) is 36.4 Å². The lowest BCUT2D eigenvalue weighted by molar-refractivity contribution is -0.385. The second kappa shape index (κ2) is 17.6. The van der Waals surface area contributed by atoms with Crippen molar-refractivity contribution in [3.63, 3.8) is 0 Å². The molecule has 62 heavy (non-hydrogen) atoms. The van der Waals surface area contributed by atoms with E-state index in [4.69, 9.17) is 15.2 Å². The lowest BCUT2D eigenvalue weighted by Crippen LogP contribution is -2.17. The van der Waals surface area contributed by atoms with E-state index >= 15 is 0 Å². The number of rotatable bonds is 9. The van der Waals surface area contributed by atoms with Crippen molar-refractivity contribution in [1.82, 2.24) is 19.9 Å². The molecule has 2 atom stereocenters. The molecule has 10 rings (SSSR count). The number of fused-ring (bicyclic) bond motifs is 4. The van der Waals surface area contributed by atoms with E-state index in [1.54, 1.807) is 38.0 Å². The molecule has 12 heteroatoms. The lowest BCUT2D eigenvalue weighted by Gasteiger charge is -2.27. The summed E-state index contributed by atoms with van der Waals surface area (Å²) in [5.41, 5.74) is 20.8. The quantitative estimate of drug-likeness (QED) is 0.0721. The normalized spacial score (nSPS) is 15.4. The summed E-state index contributed by atoms with van der Waals surface area (Å²) >= 11 is 0. The average Bonchev–Trinajstić information content (AvgIpc) is 3.31. The average molecular weight is 823 g/mol. The third-order valence-electron chi connectivity index (χ3n) is 11.8. The fraction of sp³-hybridized carbons (Fsp3) is 0.200. The zero-order chi connectivity index (χ0) is 42.6. The summed E-state index contributed by atoms with van der Waals surface area (Å²) in [6.45, 7) is 0. The molecule has 0 saturated carbocycles. The lowest BCUT2D eigenvalue weighted by atomic mass is 9.87. The maximum Gasteiger partial charge on any atom is 0.311 e. The van der Waals surface area contributed by atoms with E-state index in [0.29, 0.717) is 22.5 Å². The predicted molar refractivity (Wildman–Crippen MR) is 246 cm³/mol. The first-order chi connectivity index (χ1) is 30.4. The van der Waals surface area contributed by atoms with E-state index in [9.17, 15) is 10.1 Å². The molecule has 0 unspecified atom stereocenters. The van der Waals surface area contributed by atoms with Crippen LogP contribution in [-0.4, -0.2) is 39.1 Å². The maximum atomic E-state index is 11.6. The Kier molecular flexibility index (Phi) is 11.3. The van der Waals surface area contributed by atoms with Crippen molar-refractivity contribution in [2.45, 2.75) is 50.6 Å². The minimum absolute atomic E-state index is 0.0818. The van der Waals surface area contributed by atoms with Gasteiger partial charge in [0.15, 0.2) is 5.75 Å². The minimum atomic E-state index is -0.433. The number of aromatic nitrogens is 4. The van der Waals surface area contributed by atoms with Crippen LogP contribution in [0.25, 0.3) is 44.3 Å². The van der Waals surface area contributed by atoms with Gasteiger partial charge in [0.1, 0.15) is 5.75 Å². The molecule has 2 aliphatic carbocycles. The van der Waals surface area contributed by atoms with Crippen molar-refractivity contribution in [3.05, 3.63) is 166 Å². The molecule has 0 fully saturated rings. The molecule has 0 aliphatic heterocycles. The second-order valence-electron chi connectivity index (χ2n) is 15.6. The summed E-state index contributed by atoms with van der Waals surface area (Å²) in [6.07, 6.45) is 13.4. The first kappa shape index (κ1) is 39.8. The molecule has 310 valence electrons. The smallest absolute Gasteiger partial charge is 0.311 e. The molecule has 0 bridgehead atoms. The Morgan fingerprint density at radius 3 is 1.60 bits per heavy atom. The van der Waals surface area contributed by atoms with Crippen molar-refractivity contribution in [3.8, 4) is 33.8 Å². The van der Waals surface area contributed by atoms with Crippen LogP contribution in [0.4, 0.5) is 22.7 Å². The fourth-order valence-electron chi connectivity index (χ4n) is 8.87. The van der Waals surface area contributed by atoms with Gasteiger partial charge >= 0.3 is 5.69 Å². The van der Waals surface area contributed by atoms with Crippen LogP contribution in [0.5, 0.6) is 11.5 Å². The van der Waals surface area contributed by atoms with E-state index in [0.717, 1.165) is 76.7 Å². The number of aryl methyl sites for hydroxylation is 2. The van der Waals surface area contributed by atoms with Crippen LogP contribution in [0.3, 0.4) is 0 Å². The molecule has 2 heterocycles. The summed E-state index contributed by atoms with van der Waals surface area (Å²) in [5, 5.41) is 19.0. The number of nitro groups is 1. The SMILES string of the molecule is COc1ccc(-c2cc(N[C@@H]3CCCc4ccccc43)cc3nccnc23)cc1N.COc1ccc(-c2cc(N[C@@H]3CCCc4ccccc43)cc3nccnc23)cc1[N+](=O)[O-]. The van der Waals surface area contributed by atoms with Gasteiger partial charge in [-0.2, -0.15) is 0 Å². The van der Waals surface area contributed by atoms with E-state index in [1.165, 1.54) is 41.9 Å². The molecular formula is C50H46N8O4. The van der Waals surface area contributed by atoms with Crippen LogP contribution in [0, 0.1) is 10.1 Å². The number of anilines is 3. The molecule has 8 aromatic rings. The van der Waals surface area contributed by atoms with Crippen LogP contribution in [0.1, 0.15) is 60.0 Å². The van der Waals surface area contributed by atoms with Gasteiger partial charge in [-0.15, -0.1) is 0 Å². The molecule has 6 aromatic carbocycles. The van der Waals surface area contributed by atoms with Crippen molar-refractivity contribution < 1.29 is 14.4 Å². The van der Waals surface area contributed by atoms with E-state index in [2.05, 4.69) is 91.2 Å². The molecule has 0 saturated heterocycles. The van der Waals surface area contributed by atoms with Crippen LogP contribution < -0.4 is 25.8 Å². The van der Waals surface area contributed by atoms with Crippen LogP contribution in [0.2, 0.25) is 0 Å². The van der Waals surface area contributed by atoms with Crippen LogP contribution in [-0.2, 0) is 12.8 Å². The Morgan fingerprint density at radius 2 is 1.10 bits per heavy atom. The monoisotopic (exact) mass is 822 g/mol. The van der Waals surface area contributed by atoms with Gasteiger partial charge in [-0.3, -0.25) is 30.1 Å². The largest absolute Gasteiger partial charge is 0.495 e. The van der Waals surface area contributed by atoms with Crippen molar-refractivity contribution >= 4 is 44.8 Å². The van der Waals surface area contributed by atoms with Gasteiger partial charge in [-0.25, -0.2) is 0 Å². The zero-order valence-corrected chi connectivity index (χ0v) is 34.5. The topological polar surface area (TPSA) is 163 Å². The molecule has 2 aromatic heterocycles. The number of nitrogen functional groups attached to an aromatic ring is 1. The number of hydrogen-bond donors (Lipinski definition) is 3. The molecule has 0 amide bonds. The zero-order valence-electron chi connectivity index (χ0n) is 34.5. The van der Waals surface area contributed by atoms with Gasteiger partial charge in [-0.05, 0) is 114 Å². The molecule has 2 aliphatic rings. The number of nitrogens with one attached hydrogen (secondary N) is 2. The Balaban J connectivity index is 0.000000158. The highest BCUT2D eigenvalue weighted by molar-refractivity contribution is 5.96. The van der Waals surface area contributed by atoms with Gasteiger partial charge in [0.05, 0.1) is 59.0 Å². The highest BCUT2D eigenvalue weighted by atomic mass is 16.6. The van der Waals surface area contributed by atoms with Gasteiger partial charge in [0.25, 0.3) is 0 Å². The summed E-state index contributed by atoms with van der Waals surface area (Å²) in [5.74, 6) is 0.893. The maximum absolute atomic E-state index is 11.6. The predicted octanol–water partition coefficient (Wildman–Crippen LogP) is 11.1. The second-order valence-corrected chi connectivity index (χ2v) is 15.6. The Hall–Kier alpha value is -7.60. The third-order valence-corrected chi connectivity index (χ3v) is 11.8. The number of nitrogens with two attached hydrogens (primary N) is 1. The highest BCUT2D eigenvalue weighted by Gasteiger charge is 2.23. The standard InChI is InChI=1S/C25H22N4O3.C25H24N4O/c1-32-24-10-9-17(13-23(24)29(30)31)20-14-18(15-22-25(20)27-12-11-26-22)28-21-8-4-6-16-5-2-3-7-19(16)21;1-30-24-10-9-17(13-21(24)26)20-14-18(15-23-25(20)28-12-11-27-23)29-22-8-4-6-16-5-2-3-7-19(16)22/h2-3,5,7,9-15,21,28H,4,6,8H2,1H3;2-3,5,7,9-15,22,29H,4,6,8,26H2,1H3/t21-;22-/m11/s1. The first-order valence-corrected chi connectivity index (χ1v) is 20.8. The summed E-state index contributed by atoms with van der Waals surface area (Å²) in [7, 11) is 3.05. The van der Waals surface area contributed by atoms with E-state index in [-0.39, 0.29) is 23.5 Å². The first-order valence-electron chi connectivity index (χ1n) is 20.8. The van der Waals surface area contributed by atoms with Crippen molar-refractivity contribution in [1.29, 1.82) is 0 Å². The number of nitrogens with zero attached hydrogens (tertiary/aromatic N) is 5. The molecule has 0 radical (unpaired) electrons. The van der Waals surface area contributed by atoms with Crippen molar-refractivity contribution in [2.75, 3.05) is 30.6 Å². The molecule has 0 spiro atoms. The fourth-order valence-corrected chi connectivity index (χ4v) is 8.87. The number of methoxy groups -OCH3 is 2. The number of benzene rings is 6. The van der Waals surface area contributed by atoms with Gasteiger partial charge in [0, 0.05) is 53.4 Å². The van der Waals surface area contributed by atoms with Gasteiger partial charge in [-0.1, -0.05) is 60.7 Å². The van der Waals surface area contributed by atoms with Crippen LogP contribution in [0.15, 0.2) is 134 Å². The highest BCUT2D eigenvalue weighted by Crippen LogP contribution is 2.40. The molecule has 12 nitrogen and oxygen atoms in total. The number of ether oxygens (including phenoxy) is 2. The summed E-state index contributed by atoms with van der Waals surface area (Å²) in [6, 6.07) is 36.8. The Bertz CT molecular complexity index is 2940. The molecule has 4 N–H and O–H groups in total. The number of hydrogen-bond acceptors (Lipinski definition) is 11. The van der Waals surface area contributed by atoms with Crippen molar-refractivity contribution in [2.24, 2.45) is 0 Å².